The predicted molar refractivity (Wildman–Crippen MR) is 77.6 cm³/mol. The van der Waals surface area contributed by atoms with Crippen molar-refractivity contribution in [2.45, 2.75) is 18.0 Å². The van der Waals surface area contributed by atoms with Gasteiger partial charge in [0, 0.05) is 13.7 Å². The lowest BCUT2D eigenvalue weighted by atomic mass is 10.1. The van der Waals surface area contributed by atoms with Crippen molar-refractivity contribution in [3.63, 3.8) is 0 Å². The second-order valence-electron chi connectivity index (χ2n) is 4.53. The molecule has 0 atom stereocenters. The summed E-state index contributed by atoms with van der Waals surface area (Å²) >= 11 is 0. The summed E-state index contributed by atoms with van der Waals surface area (Å²) in [4.78, 5) is 0.0388. The van der Waals surface area contributed by atoms with Crippen molar-refractivity contribution in [2.24, 2.45) is 0 Å². The number of nitrogens with one attached hydrogen (secondary N) is 1. The molecule has 0 unspecified atom stereocenters. The van der Waals surface area contributed by atoms with Crippen LogP contribution in [0.4, 0.5) is 4.39 Å². The summed E-state index contributed by atoms with van der Waals surface area (Å²) in [6.07, 6.45) is 0. The normalized spacial score (nSPS) is 11.5. The van der Waals surface area contributed by atoms with Gasteiger partial charge in [-0.25, -0.2) is 17.5 Å². The lowest BCUT2D eigenvalue weighted by Crippen LogP contribution is -2.23. The molecule has 6 heteroatoms. The summed E-state index contributed by atoms with van der Waals surface area (Å²) in [6.45, 7) is 0.635. The zero-order chi connectivity index (χ0) is 15.3. The van der Waals surface area contributed by atoms with Gasteiger partial charge >= 0.3 is 0 Å². The van der Waals surface area contributed by atoms with Crippen molar-refractivity contribution in [3.05, 3.63) is 65.5 Å². The average Bonchev–Trinajstić information content (AvgIpc) is 2.47. The van der Waals surface area contributed by atoms with Crippen molar-refractivity contribution in [1.82, 2.24) is 4.72 Å². The van der Waals surface area contributed by atoms with Crippen molar-refractivity contribution >= 4 is 10.0 Å². The van der Waals surface area contributed by atoms with Crippen molar-refractivity contribution < 1.29 is 17.5 Å². The molecule has 0 aliphatic heterocycles. The fourth-order valence-electron chi connectivity index (χ4n) is 1.87. The van der Waals surface area contributed by atoms with Gasteiger partial charge < -0.3 is 4.74 Å². The van der Waals surface area contributed by atoms with Crippen LogP contribution < -0.4 is 4.72 Å². The highest BCUT2D eigenvalue weighted by Crippen LogP contribution is 2.11. The van der Waals surface area contributed by atoms with Crippen molar-refractivity contribution in [1.29, 1.82) is 0 Å². The molecule has 0 radical (unpaired) electrons. The number of methoxy groups -OCH3 is 1. The number of hydrogen-bond donors (Lipinski definition) is 1. The van der Waals surface area contributed by atoms with Gasteiger partial charge in [-0.1, -0.05) is 24.3 Å². The zero-order valence-corrected chi connectivity index (χ0v) is 12.4. The predicted octanol–water partition coefficient (Wildman–Crippen LogP) is 2.45. The summed E-state index contributed by atoms with van der Waals surface area (Å²) in [5.74, 6) is -0.471. The molecule has 0 aliphatic rings. The van der Waals surface area contributed by atoms with Crippen LogP contribution >= 0.6 is 0 Å². The summed E-state index contributed by atoms with van der Waals surface area (Å²) < 4.78 is 44.5. The molecule has 0 heterocycles. The first-order valence-corrected chi connectivity index (χ1v) is 7.81. The van der Waals surface area contributed by atoms with Gasteiger partial charge in [0.2, 0.25) is 10.0 Å². The molecule has 0 aliphatic carbocycles. The first-order chi connectivity index (χ1) is 10.0. The van der Waals surface area contributed by atoms with E-state index in [4.69, 9.17) is 4.74 Å². The fourth-order valence-corrected chi connectivity index (χ4v) is 2.89. The van der Waals surface area contributed by atoms with E-state index < -0.39 is 15.8 Å². The molecule has 0 amide bonds. The van der Waals surface area contributed by atoms with Gasteiger partial charge in [0.05, 0.1) is 11.5 Å². The third kappa shape index (κ3) is 4.35. The lowest BCUT2D eigenvalue weighted by molar-refractivity contribution is 0.185. The van der Waals surface area contributed by atoms with Gasteiger partial charge in [-0.05, 0) is 35.4 Å². The highest BCUT2D eigenvalue weighted by Gasteiger charge is 2.13. The second kappa shape index (κ2) is 6.80. The first kappa shape index (κ1) is 15.6. The molecule has 1 N–H and O–H groups in total. The molecule has 0 spiro atoms. The largest absolute Gasteiger partial charge is 0.380 e. The Bertz CT molecular complexity index is 699. The van der Waals surface area contributed by atoms with Crippen LogP contribution in [0, 0.1) is 5.82 Å². The van der Waals surface area contributed by atoms with Crippen LogP contribution in [0.25, 0.3) is 0 Å². The molecule has 0 fully saturated rings. The van der Waals surface area contributed by atoms with Gasteiger partial charge in [0.1, 0.15) is 5.82 Å². The molecule has 2 aromatic rings. The molecule has 0 saturated carbocycles. The molecular weight excluding hydrogens is 293 g/mol. The summed E-state index contributed by atoms with van der Waals surface area (Å²) in [6, 6.07) is 12.2. The van der Waals surface area contributed by atoms with Crippen LogP contribution in [0.15, 0.2) is 53.4 Å². The Morgan fingerprint density at radius 2 is 1.76 bits per heavy atom. The smallest absolute Gasteiger partial charge is 0.240 e. The Kier molecular flexibility index (Phi) is 5.06. The first-order valence-electron chi connectivity index (χ1n) is 6.33. The van der Waals surface area contributed by atoms with E-state index in [0.717, 1.165) is 23.3 Å². The van der Waals surface area contributed by atoms with Gasteiger partial charge in [-0.2, -0.15) is 0 Å². The maximum atomic E-state index is 12.8. The number of benzene rings is 2. The minimum absolute atomic E-state index is 0.0388. The minimum Gasteiger partial charge on any atom is -0.380 e. The Balaban J connectivity index is 2.08. The Hall–Kier alpha value is -1.76. The Labute approximate surface area is 123 Å². The quantitative estimate of drug-likeness (QED) is 0.892. The third-order valence-corrected chi connectivity index (χ3v) is 4.31. The highest BCUT2D eigenvalue weighted by atomic mass is 32.2. The van der Waals surface area contributed by atoms with E-state index in [-0.39, 0.29) is 11.4 Å². The van der Waals surface area contributed by atoms with E-state index in [0.29, 0.717) is 6.61 Å². The average molecular weight is 309 g/mol. The van der Waals surface area contributed by atoms with Crippen LogP contribution in [0.5, 0.6) is 0 Å². The number of sulfonamides is 1. The topological polar surface area (TPSA) is 55.4 Å². The van der Waals surface area contributed by atoms with Crippen molar-refractivity contribution in [3.8, 4) is 0 Å². The molecule has 21 heavy (non-hydrogen) atoms. The fraction of sp³-hybridized carbons (Fsp3) is 0.200. The molecule has 2 aromatic carbocycles. The summed E-state index contributed by atoms with van der Waals surface area (Å²) in [5, 5.41) is 0. The summed E-state index contributed by atoms with van der Waals surface area (Å²) in [5.41, 5.74) is 1.80. The number of rotatable bonds is 6. The zero-order valence-electron chi connectivity index (χ0n) is 11.5. The number of hydrogen-bond acceptors (Lipinski definition) is 3. The van der Waals surface area contributed by atoms with E-state index >= 15 is 0 Å². The maximum Gasteiger partial charge on any atom is 0.240 e. The highest BCUT2D eigenvalue weighted by molar-refractivity contribution is 7.89. The number of ether oxygens (including phenoxy) is 1. The van der Waals surface area contributed by atoms with Crippen molar-refractivity contribution in [2.75, 3.05) is 7.11 Å². The van der Waals surface area contributed by atoms with Crippen LogP contribution in [0.3, 0.4) is 0 Å². The van der Waals surface area contributed by atoms with E-state index in [2.05, 4.69) is 4.72 Å². The van der Waals surface area contributed by atoms with E-state index in [1.165, 1.54) is 12.1 Å². The van der Waals surface area contributed by atoms with Crippen LogP contribution in [0.2, 0.25) is 0 Å². The molecule has 0 saturated heterocycles. The monoisotopic (exact) mass is 309 g/mol. The standard InChI is InChI=1S/C15H16FNO3S/c1-20-11-13-4-2-3-12(9-13)10-17-21(18,19)15-7-5-14(16)6-8-15/h2-9,17H,10-11H2,1H3. The molecule has 4 nitrogen and oxygen atoms in total. The molecule has 112 valence electrons. The van der Waals surface area contributed by atoms with E-state index in [1.54, 1.807) is 7.11 Å². The van der Waals surface area contributed by atoms with E-state index in [1.807, 2.05) is 24.3 Å². The van der Waals surface area contributed by atoms with Gasteiger partial charge in [-0.15, -0.1) is 0 Å². The van der Waals surface area contributed by atoms with Crippen LogP contribution in [-0.2, 0) is 27.9 Å². The molecular formula is C15H16FNO3S. The Morgan fingerprint density at radius 1 is 1.10 bits per heavy atom. The van der Waals surface area contributed by atoms with Gasteiger partial charge in [-0.3, -0.25) is 0 Å². The molecule has 0 aromatic heterocycles. The van der Waals surface area contributed by atoms with E-state index in [9.17, 15) is 12.8 Å². The lowest BCUT2D eigenvalue weighted by Gasteiger charge is -2.08. The maximum absolute atomic E-state index is 12.8. The molecule has 0 bridgehead atoms. The second-order valence-corrected chi connectivity index (χ2v) is 6.30. The third-order valence-electron chi connectivity index (χ3n) is 2.89. The SMILES string of the molecule is COCc1cccc(CNS(=O)(=O)c2ccc(F)cc2)c1. The minimum atomic E-state index is -3.65. The van der Waals surface area contributed by atoms with Crippen LogP contribution in [0.1, 0.15) is 11.1 Å². The van der Waals surface area contributed by atoms with Crippen LogP contribution in [-0.4, -0.2) is 15.5 Å². The van der Waals surface area contributed by atoms with Gasteiger partial charge in [0.25, 0.3) is 0 Å². The molecule has 2 rings (SSSR count). The van der Waals surface area contributed by atoms with Gasteiger partial charge in [0.15, 0.2) is 0 Å². The summed E-state index contributed by atoms with van der Waals surface area (Å²) in [7, 11) is -2.05. The number of halogens is 1. The Morgan fingerprint density at radius 3 is 2.43 bits per heavy atom.